The zero-order valence-electron chi connectivity index (χ0n) is 13.1. The molecular weight excluding hydrogens is 382 g/mol. The highest BCUT2D eigenvalue weighted by atomic mass is 79.9. The summed E-state index contributed by atoms with van der Waals surface area (Å²) in [6.07, 6.45) is -0.217. The normalized spacial score (nSPS) is 18.0. The maximum atomic E-state index is 12.4. The highest BCUT2D eigenvalue weighted by molar-refractivity contribution is 9.10. The summed E-state index contributed by atoms with van der Waals surface area (Å²) < 4.78 is 36.0. The lowest BCUT2D eigenvalue weighted by molar-refractivity contribution is -0.0501. The van der Waals surface area contributed by atoms with Crippen LogP contribution in [0.15, 0.2) is 40.9 Å². The number of aromatic nitrogens is 1. The third-order valence-electron chi connectivity index (χ3n) is 3.85. The average molecular weight is 399 g/mol. The van der Waals surface area contributed by atoms with Crippen LogP contribution in [0.1, 0.15) is 17.4 Å². The first-order valence-electron chi connectivity index (χ1n) is 7.57. The number of nitrogens with zero attached hydrogens (tertiary/aromatic N) is 2. The van der Waals surface area contributed by atoms with Crippen molar-refractivity contribution < 1.29 is 18.3 Å². The van der Waals surface area contributed by atoms with Gasteiger partial charge in [0.05, 0.1) is 12.3 Å². The largest absolute Gasteiger partial charge is 0.435 e. The Morgan fingerprint density at radius 2 is 2.17 bits per heavy atom. The van der Waals surface area contributed by atoms with Crippen LogP contribution >= 0.6 is 15.9 Å². The van der Waals surface area contributed by atoms with Gasteiger partial charge in [0.2, 0.25) is 0 Å². The standard InChI is InChI=1S/C17H17BrF2N2O2/c1-11-14(18)5-6-16(21-11)22-7-8-23-15(10-22)12-3-2-4-13(9-12)24-17(19)20/h2-6,9,15,17H,7-8,10H2,1H3. The van der Waals surface area contributed by atoms with Crippen LogP contribution in [0.5, 0.6) is 5.75 Å². The number of rotatable bonds is 4. The smallest absolute Gasteiger partial charge is 0.387 e. The molecule has 1 aromatic carbocycles. The van der Waals surface area contributed by atoms with E-state index in [9.17, 15) is 8.78 Å². The van der Waals surface area contributed by atoms with Gasteiger partial charge in [0, 0.05) is 17.6 Å². The number of hydrogen-bond donors (Lipinski definition) is 0. The molecular formula is C17H17BrF2N2O2. The van der Waals surface area contributed by atoms with Gasteiger partial charge < -0.3 is 14.4 Å². The van der Waals surface area contributed by atoms with E-state index in [0.717, 1.165) is 28.1 Å². The molecule has 1 fully saturated rings. The first-order chi connectivity index (χ1) is 11.5. The molecule has 1 aliphatic heterocycles. The van der Waals surface area contributed by atoms with Crippen molar-refractivity contribution in [3.8, 4) is 5.75 Å². The molecule has 1 aromatic heterocycles. The van der Waals surface area contributed by atoms with Gasteiger partial charge in [-0.2, -0.15) is 8.78 Å². The second kappa shape index (κ2) is 7.44. The number of halogens is 3. The summed E-state index contributed by atoms with van der Waals surface area (Å²) in [6.45, 7) is 0.987. The molecule has 128 valence electrons. The lowest BCUT2D eigenvalue weighted by atomic mass is 10.1. The summed E-state index contributed by atoms with van der Waals surface area (Å²) in [4.78, 5) is 6.71. The fourth-order valence-corrected chi connectivity index (χ4v) is 2.88. The van der Waals surface area contributed by atoms with E-state index in [1.165, 1.54) is 6.07 Å². The molecule has 0 spiro atoms. The molecule has 0 aliphatic carbocycles. The van der Waals surface area contributed by atoms with Crippen LogP contribution in [0.2, 0.25) is 0 Å². The average Bonchev–Trinajstić information content (AvgIpc) is 2.57. The van der Waals surface area contributed by atoms with Gasteiger partial charge in [-0.15, -0.1) is 0 Å². The Bertz CT molecular complexity index is 715. The molecule has 1 atom stereocenters. The maximum Gasteiger partial charge on any atom is 0.387 e. The molecule has 1 saturated heterocycles. The molecule has 0 bridgehead atoms. The first kappa shape index (κ1) is 17.1. The molecule has 24 heavy (non-hydrogen) atoms. The van der Waals surface area contributed by atoms with E-state index in [1.54, 1.807) is 12.1 Å². The third kappa shape index (κ3) is 4.02. The van der Waals surface area contributed by atoms with Crippen LogP contribution in [0.25, 0.3) is 0 Å². The fraction of sp³-hybridized carbons (Fsp3) is 0.353. The Balaban J connectivity index is 1.76. The highest BCUT2D eigenvalue weighted by Gasteiger charge is 2.23. The molecule has 2 aromatic rings. The lowest BCUT2D eigenvalue weighted by Gasteiger charge is -2.34. The van der Waals surface area contributed by atoms with Crippen molar-refractivity contribution in [1.82, 2.24) is 4.98 Å². The van der Waals surface area contributed by atoms with Crippen molar-refractivity contribution in [2.75, 3.05) is 24.6 Å². The number of alkyl halides is 2. The first-order valence-corrected chi connectivity index (χ1v) is 8.36. The van der Waals surface area contributed by atoms with Gasteiger partial charge in [-0.05, 0) is 52.7 Å². The van der Waals surface area contributed by atoms with E-state index in [1.807, 2.05) is 25.1 Å². The zero-order chi connectivity index (χ0) is 17.1. The molecule has 0 radical (unpaired) electrons. The van der Waals surface area contributed by atoms with Crippen LogP contribution < -0.4 is 9.64 Å². The molecule has 4 nitrogen and oxygen atoms in total. The minimum atomic E-state index is -2.83. The van der Waals surface area contributed by atoms with Crippen LogP contribution in [-0.4, -0.2) is 31.3 Å². The predicted molar refractivity (Wildman–Crippen MR) is 90.7 cm³/mol. The minimum Gasteiger partial charge on any atom is -0.435 e. The van der Waals surface area contributed by atoms with Gasteiger partial charge in [-0.3, -0.25) is 0 Å². The van der Waals surface area contributed by atoms with Crippen LogP contribution in [0.4, 0.5) is 14.6 Å². The van der Waals surface area contributed by atoms with Crippen molar-refractivity contribution in [3.05, 3.63) is 52.1 Å². The zero-order valence-corrected chi connectivity index (χ0v) is 14.7. The van der Waals surface area contributed by atoms with E-state index in [4.69, 9.17) is 4.74 Å². The van der Waals surface area contributed by atoms with E-state index < -0.39 is 6.61 Å². The monoisotopic (exact) mass is 398 g/mol. The maximum absolute atomic E-state index is 12.4. The number of benzene rings is 1. The van der Waals surface area contributed by atoms with Crippen molar-refractivity contribution in [2.24, 2.45) is 0 Å². The van der Waals surface area contributed by atoms with E-state index in [0.29, 0.717) is 13.2 Å². The molecule has 1 unspecified atom stereocenters. The summed E-state index contributed by atoms with van der Waals surface area (Å²) in [5, 5.41) is 0. The number of hydrogen-bond acceptors (Lipinski definition) is 4. The Morgan fingerprint density at radius 3 is 2.92 bits per heavy atom. The SMILES string of the molecule is Cc1nc(N2CCOC(c3cccc(OC(F)F)c3)C2)ccc1Br. The van der Waals surface area contributed by atoms with Crippen molar-refractivity contribution in [1.29, 1.82) is 0 Å². The fourth-order valence-electron chi connectivity index (χ4n) is 2.66. The number of aryl methyl sites for hydroxylation is 1. The van der Waals surface area contributed by atoms with Crippen molar-refractivity contribution in [2.45, 2.75) is 19.6 Å². The minimum absolute atomic E-state index is 0.140. The summed E-state index contributed by atoms with van der Waals surface area (Å²) >= 11 is 3.45. The summed E-state index contributed by atoms with van der Waals surface area (Å²) in [6, 6.07) is 10.6. The Labute approximate surface area is 147 Å². The van der Waals surface area contributed by atoms with Crippen molar-refractivity contribution >= 4 is 21.7 Å². The topological polar surface area (TPSA) is 34.6 Å². The van der Waals surface area contributed by atoms with E-state index in [-0.39, 0.29) is 11.9 Å². The van der Waals surface area contributed by atoms with Gasteiger partial charge in [0.15, 0.2) is 0 Å². The molecule has 0 saturated carbocycles. The van der Waals surface area contributed by atoms with Gasteiger partial charge in [-0.25, -0.2) is 4.98 Å². The van der Waals surface area contributed by atoms with E-state index >= 15 is 0 Å². The highest BCUT2D eigenvalue weighted by Crippen LogP contribution is 2.28. The molecule has 0 N–H and O–H groups in total. The van der Waals surface area contributed by atoms with Crippen LogP contribution in [0.3, 0.4) is 0 Å². The Hall–Kier alpha value is -1.73. The Morgan fingerprint density at radius 1 is 1.33 bits per heavy atom. The van der Waals surface area contributed by atoms with Gasteiger partial charge in [-0.1, -0.05) is 12.1 Å². The Kier molecular flexibility index (Phi) is 5.30. The number of ether oxygens (including phenoxy) is 2. The molecule has 7 heteroatoms. The van der Waals surface area contributed by atoms with Crippen LogP contribution in [0, 0.1) is 6.92 Å². The second-order valence-corrected chi connectivity index (χ2v) is 6.35. The second-order valence-electron chi connectivity index (χ2n) is 5.49. The number of anilines is 1. The summed E-state index contributed by atoms with van der Waals surface area (Å²) in [5.74, 6) is 1.02. The quantitative estimate of drug-likeness (QED) is 0.767. The van der Waals surface area contributed by atoms with E-state index in [2.05, 4.69) is 30.6 Å². The predicted octanol–water partition coefficient (Wildman–Crippen LogP) is 4.33. The number of pyridine rings is 1. The molecule has 3 rings (SSSR count). The van der Waals surface area contributed by atoms with Gasteiger partial charge >= 0.3 is 6.61 Å². The third-order valence-corrected chi connectivity index (χ3v) is 4.69. The van der Waals surface area contributed by atoms with Crippen molar-refractivity contribution in [3.63, 3.8) is 0 Å². The molecule has 2 heterocycles. The summed E-state index contributed by atoms with van der Waals surface area (Å²) in [7, 11) is 0. The van der Waals surface area contributed by atoms with Gasteiger partial charge in [0.25, 0.3) is 0 Å². The molecule has 1 aliphatic rings. The van der Waals surface area contributed by atoms with Gasteiger partial charge in [0.1, 0.15) is 17.7 Å². The van der Waals surface area contributed by atoms with Crippen LogP contribution in [-0.2, 0) is 4.74 Å². The molecule has 0 amide bonds. The lowest BCUT2D eigenvalue weighted by Crippen LogP contribution is -2.38. The number of morpholine rings is 1. The summed E-state index contributed by atoms with van der Waals surface area (Å²) in [5.41, 5.74) is 1.73.